The van der Waals surface area contributed by atoms with Gasteiger partial charge in [0.05, 0.1) is 0 Å². The molecular formula is C22H28ClN. The molecule has 1 nitrogen and oxygen atoms in total. The molecule has 0 spiro atoms. The van der Waals surface area contributed by atoms with E-state index in [1.165, 1.54) is 29.7 Å². The van der Waals surface area contributed by atoms with Crippen LogP contribution in [0.2, 0.25) is 5.02 Å². The van der Waals surface area contributed by atoms with Gasteiger partial charge in [-0.25, -0.2) is 0 Å². The van der Waals surface area contributed by atoms with Crippen molar-refractivity contribution in [2.75, 3.05) is 11.4 Å². The van der Waals surface area contributed by atoms with Crippen LogP contribution in [0.5, 0.6) is 0 Å². The smallest absolute Gasteiger partial charge is 0.0429 e. The number of unbranched alkanes of at least 4 members (excludes halogenated alkanes) is 2. The standard InChI is InChI=1S/C22H28ClN/c1-3-5-6-7-10-20-11-8-9-12-22(20)24(17-4-2)18-19-13-15-21(23)16-14-19/h3,8-9,11-16H,1,4-7,10,17-18H2,2H3. The molecular weight excluding hydrogens is 314 g/mol. The van der Waals surface area contributed by atoms with Crippen LogP contribution in [0.15, 0.2) is 61.2 Å². The average Bonchev–Trinajstić information content (AvgIpc) is 2.61. The molecule has 2 aromatic carbocycles. The molecule has 0 unspecified atom stereocenters. The van der Waals surface area contributed by atoms with E-state index in [0.29, 0.717) is 0 Å². The van der Waals surface area contributed by atoms with Gasteiger partial charge in [0.1, 0.15) is 0 Å². The Morgan fingerprint density at radius 1 is 1.04 bits per heavy atom. The van der Waals surface area contributed by atoms with Gasteiger partial charge in [0.25, 0.3) is 0 Å². The molecule has 0 saturated carbocycles. The maximum atomic E-state index is 6.01. The first-order valence-electron chi connectivity index (χ1n) is 8.92. The van der Waals surface area contributed by atoms with Crippen LogP contribution in [-0.2, 0) is 13.0 Å². The predicted molar refractivity (Wildman–Crippen MR) is 107 cm³/mol. The Kier molecular flexibility index (Phi) is 7.91. The Morgan fingerprint density at radius 2 is 1.79 bits per heavy atom. The minimum Gasteiger partial charge on any atom is -0.367 e. The highest BCUT2D eigenvalue weighted by Gasteiger charge is 2.11. The van der Waals surface area contributed by atoms with Crippen LogP contribution in [0.1, 0.15) is 43.7 Å². The van der Waals surface area contributed by atoms with Gasteiger partial charge in [0, 0.05) is 23.8 Å². The van der Waals surface area contributed by atoms with Gasteiger partial charge in [-0.15, -0.1) is 6.58 Å². The van der Waals surface area contributed by atoms with E-state index < -0.39 is 0 Å². The molecule has 0 radical (unpaired) electrons. The zero-order valence-corrected chi connectivity index (χ0v) is 15.4. The van der Waals surface area contributed by atoms with Crippen molar-refractivity contribution in [3.05, 3.63) is 77.3 Å². The number of aryl methyl sites for hydroxylation is 1. The number of allylic oxidation sites excluding steroid dienone is 1. The molecule has 2 aromatic rings. The highest BCUT2D eigenvalue weighted by molar-refractivity contribution is 6.30. The van der Waals surface area contributed by atoms with Crippen LogP contribution in [0.3, 0.4) is 0 Å². The summed E-state index contributed by atoms with van der Waals surface area (Å²) in [5.74, 6) is 0. The topological polar surface area (TPSA) is 3.24 Å². The van der Waals surface area contributed by atoms with E-state index in [2.05, 4.69) is 54.8 Å². The molecule has 0 heterocycles. The molecule has 0 aromatic heterocycles. The number of para-hydroxylation sites is 1. The number of anilines is 1. The van der Waals surface area contributed by atoms with Crippen LogP contribution < -0.4 is 4.90 Å². The first kappa shape index (κ1) is 18.6. The fourth-order valence-corrected chi connectivity index (χ4v) is 3.13. The Morgan fingerprint density at radius 3 is 2.50 bits per heavy atom. The second-order valence-electron chi connectivity index (χ2n) is 6.21. The highest BCUT2D eigenvalue weighted by atomic mass is 35.5. The fourth-order valence-electron chi connectivity index (χ4n) is 3.00. The largest absolute Gasteiger partial charge is 0.367 e. The van der Waals surface area contributed by atoms with E-state index in [1.54, 1.807) is 0 Å². The maximum absolute atomic E-state index is 6.01. The molecule has 0 fully saturated rings. The van der Waals surface area contributed by atoms with Crippen molar-refractivity contribution in [1.29, 1.82) is 0 Å². The normalized spacial score (nSPS) is 10.6. The molecule has 2 heteroatoms. The zero-order valence-electron chi connectivity index (χ0n) is 14.7. The number of rotatable bonds is 10. The fraction of sp³-hybridized carbons (Fsp3) is 0.364. The minimum atomic E-state index is 0.795. The Bertz CT molecular complexity index is 618. The van der Waals surface area contributed by atoms with Crippen molar-refractivity contribution in [1.82, 2.24) is 0 Å². The molecule has 0 N–H and O–H groups in total. The zero-order chi connectivity index (χ0) is 17.2. The van der Waals surface area contributed by atoms with Gasteiger partial charge in [-0.1, -0.05) is 54.9 Å². The van der Waals surface area contributed by atoms with Gasteiger partial charge < -0.3 is 4.90 Å². The number of benzene rings is 2. The molecule has 0 aliphatic rings. The molecule has 0 bridgehead atoms. The molecule has 0 amide bonds. The lowest BCUT2D eigenvalue weighted by Crippen LogP contribution is -2.24. The van der Waals surface area contributed by atoms with Crippen molar-refractivity contribution in [3.8, 4) is 0 Å². The van der Waals surface area contributed by atoms with Crippen LogP contribution >= 0.6 is 11.6 Å². The van der Waals surface area contributed by atoms with Crippen LogP contribution in [-0.4, -0.2) is 6.54 Å². The third-order valence-electron chi connectivity index (χ3n) is 4.22. The van der Waals surface area contributed by atoms with Gasteiger partial charge >= 0.3 is 0 Å². The molecule has 2 rings (SSSR count). The molecule has 128 valence electrons. The van der Waals surface area contributed by atoms with Crippen molar-refractivity contribution in [2.24, 2.45) is 0 Å². The Balaban J connectivity index is 2.14. The van der Waals surface area contributed by atoms with Crippen LogP contribution in [0.25, 0.3) is 0 Å². The van der Waals surface area contributed by atoms with Gasteiger partial charge in [-0.05, 0) is 61.4 Å². The predicted octanol–water partition coefficient (Wildman–Crippen LogP) is 6.66. The van der Waals surface area contributed by atoms with E-state index in [0.717, 1.165) is 37.4 Å². The summed E-state index contributed by atoms with van der Waals surface area (Å²) in [6.07, 6.45) is 7.80. The van der Waals surface area contributed by atoms with E-state index in [1.807, 2.05) is 18.2 Å². The minimum absolute atomic E-state index is 0.795. The van der Waals surface area contributed by atoms with E-state index in [-0.39, 0.29) is 0 Å². The van der Waals surface area contributed by atoms with Crippen LogP contribution in [0.4, 0.5) is 5.69 Å². The molecule has 0 aliphatic carbocycles. The average molecular weight is 342 g/mol. The van der Waals surface area contributed by atoms with Crippen LogP contribution in [0, 0.1) is 0 Å². The SMILES string of the molecule is C=CCCCCc1ccccc1N(CCC)Cc1ccc(Cl)cc1. The van der Waals surface area contributed by atoms with Gasteiger partial charge in [-0.3, -0.25) is 0 Å². The first-order chi connectivity index (χ1) is 11.7. The molecule has 0 saturated heterocycles. The quantitative estimate of drug-likeness (QED) is 0.345. The lowest BCUT2D eigenvalue weighted by atomic mass is 10.0. The summed E-state index contributed by atoms with van der Waals surface area (Å²) in [5.41, 5.74) is 4.12. The summed E-state index contributed by atoms with van der Waals surface area (Å²) in [4.78, 5) is 2.49. The third kappa shape index (κ3) is 5.72. The summed E-state index contributed by atoms with van der Waals surface area (Å²) in [7, 11) is 0. The van der Waals surface area contributed by atoms with Gasteiger partial charge in [-0.2, -0.15) is 0 Å². The summed E-state index contributed by atoms with van der Waals surface area (Å²) in [6.45, 7) is 8.04. The monoisotopic (exact) mass is 341 g/mol. The third-order valence-corrected chi connectivity index (χ3v) is 4.47. The Hall–Kier alpha value is -1.73. The van der Waals surface area contributed by atoms with Crippen molar-refractivity contribution >= 4 is 17.3 Å². The maximum Gasteiger partial charge on any atom is 0.0429 e. The lowest BCUT2D eigenvalue weighted by molar-refractivity contribution is 0.730. The second-order valence-corrected chi connectivity index (χ2v) is 6.65. The van der Waals surface area contributed by atoms with Gasteiger partial charge in [0.15, 0.2) is 0 Å². The molecule has 0 atom stereocenters. The lowest BCUT2D eigenvalue weighted by Gasteiger charge is -2.27. The number of hydrogen-bond donors (Lipinski definition) is 0. The number of nitrogens with zero attached hydrogens (tertiary/aromatic N) is 1. The van der Waals surface area contributed by atoms with E-state index >= 15 is 0 Å². The summed E-state index contributed by atoms with van der Waals surface area (Å²) in [6, 6.07) is 17.0. The van der Waals surface area contributed by atoms with E-state index in [9.17, 15) is 0 Å². The molecule has 0 aliphatic heterocycles. The molecule has 24 heavy (non-hydrogen) atoms. The van der Waals surface area contributed by atoms with Crippen molar-refractivity contribution in [2.45, 2.75) is 45.6 Å². The van der Waals surface area contributed by atoms with Gasteiger partial charge in [0.2, 0.25) is 0 Å². The second kappa shape index (κ2) is 10.2. The highest BCUT2D eigenvalue weighted by Crippen LogP contribution is 2.25. The summed E-state index contributed by atoms with van der Waals surface area (Å²) < 4.78 is 0. The van der Waals surface area contributed by atoms with E-state index in [4.69, 9.17) is 11.6 Å². The summed E-state index contributed by atoms with van der Waals surface area (Å²) >= 11 is 6.01. The Labute approximate surface area is 152 Å². The first-order valence-corrected chi connectivity index (χ1v) is 9.30. The van der Waals surface area contributed by atoms with Crippen molar-refractivity contribution in [3.63, 3.8) is 0 Å². The van der Waals surface area contributed by atoms with Crippen molar-refractivity contribution < 1.29 is 0 Å². The summed E-state index contributed by atoms with van der Waals surface area (Å²) in [5, 5.41) is 0.795. The number of halogens is 1. The number of hydrogen-bond acceptors (Lipinski definition) is 1.